The topological polar surface area (TPSA) is 96.6 Å². The zero-order chi connectivity index (χ0) is 15.3. The molecule has 0 saturated heterocycles. The highest BCUT2D eigenvalue weighted by molar-refractivity contribution is 7.89. The number of nitrogens with one attached hydrogen (secondary N) is 2. The van der Waals surface area contributed by atoms with Crippen molar-refractivity contribution in [1.29, 1.82) is 0 Å². The average Bonchev–Trinajstić information content (AvgIpc) is 2.41. The zero-order valence-electron chi connectivity index (χ0n) is 12.2. The Morgan fingerprint density at radius 1 is 1.43 bits per heavy atom. The maximum absolute atomic E-state index is 11.9. The predicted molar refractivity (Wildman–Crippen MR) is 83.4 cm³/mol. The minimum atomic E-state index is -3.43. The van der Waals surface area contributed by atoms with Crippen LogP contribution in [-0.2, 0) is 16.6 Å². The van der Waals surface area contributed by atoms with E-state index in [4.69, 9.17) is 5.73 Å². The summed E-state index contributed by atoms with van der Waals surface area (Å²) >= 11 is 0. The fourth-order valence-electron chi connectivity index (χ4n) is 2.07. The molecule has 0 spiro atoms. The van der Waals surface area contributed by atoms with E-state index in [1.54, 1.807) is 25.1 Å². The Balaban J connectivity index is 2.02. The van der Waals surface area contributed by atoms with Crippen LogP contribution in [0, 0.1) is 0 Å². The first-order valence-electron chi connectivity index (χ1n) is 7.16. The Morgan fingerprint density at radius 3 is 2.81 bits per heavy atom. The van der Waals surface area contributed by atoms with Gasteiger partial charge in [-0.05, 0) is 37.0 Å². The number of rotatable bonds is 6. The molecule has 0 unspecified atom stereocenters. The van der Waals surface area contributed by atoms with E-state index in [0.717, 1.165) is 18.4 Å². The van der Waals surface area contributed by atoms with Crippen LogP contribution in [0.5, 0.6) is 0 Å². The Hall–Kier alpha value is -1.60. The first-order chi connectivity index (χ1) is 10.0. The van der Waals surface area contributed by atoms with Gasteiger partial charge in [-0.2, -0.15) is 0 Å². The lowest BCUT2D eigenvalue weighted by Crippen LogP contribution is -2.43. The average molecular weight is 310 g/mol. The first kappa shape index (κ1) is 15.8. The van der Waals surface area contributed by atoms with Crippen molar-refractivity contribution in [2.75, 3.05) is 6.54 Å². The monoisotopic (exact) mass is 310 g/mol. The van der Waals surface area contributed by atoms with Gasteiger partial charge in [0.1, 0.15) is 0 Å². The summed E-state index contributed by atoms with van der Waals surface area (Å²) in [5.41, 5.74) is 6.62. The normalized spacial score (nSPS) is 16.5. The van der Waals surface area contributed by atoms with E-state index in [2.05, 4.69) is 15.0 Å². The third-order valence-corrected chi connectivity index (χ3v) is 4.98. The number of benzene rings is 1. The summed E-state index contributed by atoms with van der Waals surface area (Å²) in [7, 11) is -3.43. The molecule has 7 heteroatoms. The van der Waals surface area contributed by atoms with Crippen molar-refractivity contribution in [3.05, 3.63) is 29.8 Å². The Bertz CT molecular complexity index is 609. The van der Waals surface area contributed by atoms with Crippen LogP contribution in [0.2, 0.25) is 0 Å². The second-order valence-electron chi connectivity index (χ2n) is 5.12. The number of nitrogens with zero attached hydrogens (tertiary/aromatic N) is 1. The van der Waals surface area contributed by atoms with Crippen LogP contribution in [0.3, 0.4) is 0 Å². The van der Waals surface area contributed by atoms with E-state index < -0.39 is 10.0 Å². The summed E-state index contributed by atoms with van der Waals surface area (Å²) in [4.78, 5) is 4.51. The molecule has 0 aliphatic heterocycles. The highest BCUT2D eigenvalue weighted by atomic mass is 32.2. The van der Waals surface area contributed by atoms with Crippen molar-refractivity contribution in [1.82, 2.24) is 10.0 Å². The SMILES string of the molecule is CCNS(=O)(=O)c1cccc(CN=C(N)NC2CCC2)c1. The van der Waals surface area contributed by atoms with Gasteiger partial charge in [0.05, 0.1) is 11.4 Å². The number of aliphatic imine (C=N–C) groups is 1. The number of sulfonamides is 1. The molecule has 1 aromatic rings. The van der Waals surface area contributed by atoms with E-state index in [1.165, 1.54) is 6.42 Å². The van der Waals surface area contributed by atoms with Crippen molar-refractivity contribution in [2.24, 2.45) is 10.7 Å². The molecule has 1 aliphatic rings. The Morgan fingerprint density at radius 2 is 2.19 bits per heavy atom. The Labute approximate surface area is 125 Å². The van der Waals surface area contributed by atoms with Gasteiger partial charge < -0.3 is 11.1 Å². The second-order valence-corrected chi connectivity index (χ2v) is 6.89. The summed E-state index contributed by atoms with van der Waals surface area (Å²) in [6.07, 6.45) is 3.49. The second kappa shape index (κ2) is 6.91. The molecule has 1 aromatic carbocycles. The van der Waals surface area contributed by atoms with E-state index in [0.29, 0.717) is 25.1 Å². The molecule has 0 bridgehead atoms. The molecule has 0 aromatic heterocycles. The number of hydrogen-bond acceptors (Lipinski definition) is 3. The molecule has 1 aliphatic carbocycles. The third kappa shape index (κ3) is 4.44. The lowest BCUT2D eigenvalue weighted by atomic mass is 9.93. The largest absolute Gasteiger partial charge is 0.370 e. The van der Waals surface area contributed by atoms with Gasteiger partial charge in [0.2, 0.25) is 10.0 Å². The molecule has 0 amide bonds. The van der Waals surface area contributed by atoms with Crippen molar-refractivity contribution in [3.63, 3.8) is 0 Å². The van der Waals surface area contributed by atoms with Crippen LogP contribution in [-0.4, -0.2) is 27.0 Å². The molecule has 1 saturated carbocycles. The van der Waals surface area contributed by atoms with Gasteiger partial charge in [-0.15, -0.1) is 0 Å². The van der Waals surface area contributed by atoms with Gasteiger partial charge in [-0.25, -0.2) is 18.1 Å². The van der Waals surface area contributed by atoms with E-state index in [-0.39, 0.29) is 4.90 Å². The van der Waals surface area contributed by atoms with Crippen LogP contribution in [0.1, 0.15) is 31.7 Å². The number of hydrogen-bond donors (Lipinski definition) is 3. The van der Waals surface area contributed by atoms with E-state index in [9.17, 15) is 8.42 Å². The maximum Gasteiger partial charge on any atom is 0.240 e. The molecule has 0 atom stereocenters. The molecule has 1 fully saturated rings. The minimum absolute atomic E-state index is 0.252. The van der Waals surface area contributed by atoms with Gasteiger partial charge in [0.25, 0.3) is 0 Å². The summed E-state index contributed by atoms with van der Waals surface area (Å²) in [5, 5.41) is 3.15. The standard InChI is InChI=1S/C14H22N4O2S/c1-2-17-21(19,20)13-8-3-5-11(9-13)10-16-14(15)18-12-6-4-7-12/h3,5,8-9,12,17H,2,4,6-7,10H2,1H3,(H3,15,16,18). The van der Waals surface area contributed by atoms with Crippen molar-refractivity contribution in [2.45, 2.75) is 43.7 Å². The summed E-state index contributed by atoms with van der Waals surface area (Å²) < 4.78 is 26.3. The van der Waals surface area contributed by atoms with Crippen LogP contribution in [0.25, 0.3) is 0 Å². The number of nitrogens with two attached hydrogens (primary N) is 1. The fraction of sp³-hybridized carbons (Fsp3) is 0.500. The predicted octanol–water partition coefficient (Wildman–Crippen LogP) is 0.942. The van der Waals surface area contributed by atoms with E-state index in [1.807, 2.05) is 6.07 Å². The molecule has 116 valence electrons. The molecule has 2 rings (SSSR count). The molecule has 6 nitrogen and oxygen atoms in total. The molecule has 0 heterocycles. The van der Waals surface area contributed by atoms with Gasteiger partial charge in [-0.1, -0.05) is 19.1 Å². The molecule has 0 radical (unpaired) electrons. The van der Waals surface area contributed by atoms with Crippen LogP contribution < -0.4 is 15.8 Å². The zero-order valence-corrected chi connectivity index (χ0v) is 13.0. The molecule has 21 heavy (non-hydrogen) atoms. The highest BCUT2D eigenvalue weighted by Crippen LogP contribution is 2.17. The quantitative estimate of drug-likeness (QED) is 0.538. The van der Waals surface area contributed by atoms with Gasteiger partial charge in [-0.3, -0.25) is 0 Å². The van der Waals surface area contributed by atoms with E-state index >= 15 is 0 Å². The fourth-order valence-corrected chi connectivity index (χ4v) is 3.18. The Kier molecular flexibility index (Phi) is 5.19. The van der Waals surface area contributed by atoms with Crippen molar-refractivity contribution in [3.8, 4) is 0 Å². The summed E-state index contributed by atoms with van der Waals surface area (Å²) in [6.45, 7) is 2.47. The summed E-state index contributed by atoms with van der Waals surface area (Å²) in [5.74, 6) is 0.416. The molecular weight excluding hydrogens is 288 g/mol. The van der Waals surface area contributed by atoms with Crippen molar-refractivity contribution < 1.29 is 8.42 Å². The van der Waals surface area contributed by atoms with Crippen LogP contribution >= 0.6 is 0 Å². The minimum Gasteiger partial charge on any atom is -0.370 e. The van der Waals surface area contributed by atoms with Crippen LogP contribution in [0.15, 0.2) is 34.2 Å². The van der Waals surface area contributed by atoms with Gasteiger partial charge in [0.15, 0.2) is 5.96 Å². The lowest BCUT2D eigenvalue weighted by Gasteiger charge is -2.26. The van der Waals surface area contributed by atoms with Crippen LogP contribution in [0.4, 0.5) is 0 Å². The summed E-state index contributed by atoms with van der Waals surface area (Å²) in [6, 6.07) is 7.18. The smallest absolute Gasteiger partial charge is 0.240 e. The maximum atomic E-state index is 11.9. The van der Waals surface area contributed by atoms with Crippen molar-refractivity contribution >= 4 is 16.0 Å². The molecule has 4 N–H and O–H groups in total. The first-order valence-corrected chi connectivity index (χ1v) is 8.64. The van der Waals surface area contributed by atoms with Gasteiger partial charge in [0, 0.05) is 12.6 Å². The number of guanidine groups is 1. The molecular formula is C14H22N4O2S. The third-order valence-electron chi connectivity index (χ3n) is 3.43. The highest BCUT2D eigenvalue weighted by Gasteiger charge is 2.17. The lowest BCUT2D eigenvalue weighted by molar-refractivity contribution is 0.382. The van der Waals surface area contributed by atoms with Gasteiger partial charge >= 0.3 is 0 Å².